The Labute approximate surface area is 116 Å². The van der Waals surface area contributed by atoms with E-state index in [4.69, 9.17) is 10.5 Å². The molecule has 2 nitrogen and oxygen atoms in total. The number of nitrogens with two attached hydrogens (primary N) is 1. The molecule has 0 aromatic heterocycles. The van der Waals surface area contributed by atoms with Crippen LogP contribution in [-0.4, -0.2) is 12.6 Å². The highest BCUT2D eigenvalue weighted by molar-refractivity contribution is 5.30. The fraction of sp³-hybridized carbons (Fsp3) is 0.647. The Bertz CT molecular complexity index is 417. The van der Waals surface area contributed by atoms with Gasteiger partial charge < -0.3 is 10.5 Å². The third-order valence-corrected chi connectivity index (χ3v) is 4.71. The van der Waals surface area contributed by atoms with Crippen molar-refractivity contribution < 1.29 is 4.74 Å². The van der Waals surface area contributed by atoms with Crippen molar-refractivity contribution in [2.75, 3.05) is 6.61 Å². The first-order valence-corrected chi connectivity index (χ1v) is 7.78. The van der Waals surface area contributed by atoms with Crippen LogP contribution in [0.25, 0.3) is 0 Å². The van der Waals surface area contributed by atoms with Gasteiger partial charge in [-0.05, 0) is 42.7 Å². The third kappa shape index (κ3) is 3.18. The van der Waals surface area contributed by atoms with Crippen LogP contribution in [0.2, 0.25) is 0 Å². The molecule has 104 valence electrons. The summed E-state index contributed by atoms with van der Waals surface area (Å²) in [4.78, 5) is 0. The maximum atomic E-state index is 6.18. The van der Waals surface area contributed by atoms with Crippen LogP contribution in [-0.2, 0) is 11.2 Å². The molecule has 1 aromatic rings. The van der Waals surface area contributed by atoms with Crippen LogP contribution in [0.15, 0.2) is 24.3 Å². The molecule has 1 aliphatic carbocycles. The summed E-state index contributed by atoms with van der Waals surface area (Å²) in [7, 11) is 0. The molecule has 19 heavy (non-hydrogen) atoms. The standard InChI is InChI=1S/C17H25NO/c18-15-7-3-1-5-13(11-15)12-17-16-8-4-2-6-14(16)9-10-19-17/h2,4,6,8,13,15,17H,1,3,5,7,9-12,18H2. The van der Waals surface area contributed by atoms with Crippen LogP contribution in [0.4, 0.5) is 0 Å². The number of hydrogen-bond acceptors (Lipinski definition) is 2. The van der Waals surface area contributed by atoms with Crippen LogP contribution in [0, 0.1) is 5.92 Å². The normalized spacial score (nSPS) is 31.5. The van der Waals surface area contributed by atoms with Crippen LogP contribution in [0.1, 0.15) is 55.8 Å². The van der Waals surface area contributed by atoms with Gasteiger partial charge in [0, 0.05) is 6.04 Å². The van der Waals surface area contributed by atoms with Crippen molar-refractivity contribution >= 4 is 0 Å². The molecular weight excluding hydrogens is 234 g/mol. The minimum absolute atomic E-state index is 0.306. The maximum absolute atomic E-state index is 6.18. The first-order chi connectivity index (χ1) is 9.33. The highest BCUT2D eigenvalue weighted by atomic mass is 16.5. The Morgan fingerprint density at radius 3 is 2.95 bits per heavy atom. The fourth-order valence-electron chi connectivity index (χ4n) is 3.69. The van der Waals surface area contributed by atoms with Crippen LogP contribution in [0.5, 0.6) is 0 Å². The zero-order chi connectivity index (χ0) is 13.1. The zero-order valence-electron chi connectivity index (χ0n) is 11.7. The third-order valence-electron chi connectivity index (χ3n) is 4.71. The average molecular weight is 259 g/mol. The van der Waals surface area contributed by atoms with E-state index in [1.165, 1.54) is 43.2 Å². The maximum Gasteiger partial charge on any atom is 0.0830 e. The van der Waals surface area contributed by atoms with Gasteiger partial charge in [0.2, 0.25) is 0 Å². The SMILES string of the molecule is NC1CCCCC(CC2OCCc3ccccc32)C1. The molecule has 1 fully saturated rings. The highest BCUT2D eigenvalue weighted by Crippen LogP contribution is 2.36. The van der Waals surface area contributed by atoms with E-state index in [-0.39, 0.29) is 0 Å². The molecule has 0 spiro atoms. The van der Waals surface area contributed by atoms with E-state index in [0.29, 0.717) is 12.1 Å². The Hall–Kier alpha value is -0.860. The Kier molecular flexibility index (Phi) is 4.19. The molecule has 0 bridgehead atoms. The lowest BCUT2D eigenvalue weighted by Crippen LogP contribution is -2.24. The smallest absolute Gasteiger partial charge is 0.0830 e. The summed E-state index contributed by atoms with van der Waals surface area (Å²) in [5, 5.41) is 0. The van der Waals surface area contributed by atoms with Gasteiger partial charge in [0.1, 0.15) is 0 Å². The molecule has 1 aromatic carbocycles. The molecular formula is C17H25NO. The van der Waals surface area contributed by atoms with Crippen LogP contribution < -0.4 is 5.73 Å². The molecule has 3 unspecified atom stereocenters. The number of rotatable bonds is 2. The molecule has 3 rings (SSSR count). The quantitative estimate of drug-likeness (QED) is 0.824. The first-order valence-electron chi connectivity index (χ1n) is 7.78. The van der Waals surface area contributed by atoms with Crippen molar-refractivity contribution in [1.29, 1.82) is 0 Å². The van der Waals surface area contributed by atoms with E-state index < -0.39 is 0 Å². The van der Waals surface area contributed by atoms with Gasteiger partial charge in [0.05, 0.1) is 12.7 Å². The molecule has 1 saturated carbocycles. The minimum atomic E-state index is 0.306. The Morgan fingerprint density at radius 2 is 2.00 bits per heavy atom. The summed E-state index contributed by atoms with van der Waals surface area (Å²) < 4.78 is 6.04. The lowest BCUT2D eigenvalue weighted by atomic mass is 9.87. The molecule has 1 aliphatic heterocycles. The van der Waals surface area contributed by atoms with Crippen molar-refractivity contribution in [1.82, 2.24) is 0 Å². The average Bonchev–Trinajstić information content (AvgIpc) is 2.63. The van der Waals surface area contributed by atoms with Crippen molar-refractivity contribution in [3.05, 3.63) is 35.4 Å². The second-order valence-electron chi connectivity index (χ2n) is 6.19. The van der Waals surface area contributed by atoms with Crippen molar-refractivity contribution in [2.24, 2.45) is 11.7 Å². The van der Waals surface area contributed by atoms with Gasteiger partial charge in [0.25, 0.3) is 0 Å². The second kappa shape index (κ2) is 6.06. The van der Waals surface area contributed by atoms with E-state index in [2.05, 4.69) is 24.3 Å². The van der Waals surface area contributed by atoms with Gasteiger partial charge in [-0.3, -0.25) is 0 Å². The van der Waals surface area contributed by atoms with Crippen molar-refractivity contribution in [3.63, 3.8) is 0 Å². The summed E-state index contributed by atoms with van der Waals surface area (Å²) in [6.07, 6.45) is 8.89. The summed E-state index contributed by atoms with van der Waals surface area (Å²) in [5.41, 5.74) is 9.09. The topological polar surface area (TPSA) is 35.2 Å². The van der Waals surface area contributed by atoms with Crippen LogP contribution in [0.3, 0.4) is 0 Å². The minimum Gasteiger partial charge on any atom is -0.373 e. The zero-order valence-corrected chi connectivity index (χ0v) is 11.7. The molecule has 0 amide bonds. The molecule has 2 aliphatic rings. The van der Waals surface area contributed by atoms with Gasteiger partial charge in [-0.2, -0.15) is 0 Å². The van der Waals surface area contributed by atoms with Gasteiger partial charge in [-0.1, -0.05) is 43.5 Å². The Balaban J connectivity index is 1.70. The van der Waals surface area contributed by atoms with Crippen molar-refractivity contribution in [3.8, 4) is 0 Å². The van der Waals surface area contributed by atoms with E-state index in [9.17, 15) is 0 Å². The number of hydrogen-bond donors (Lipinski definition) is 1. The van der Waals surface area contributed by atoms with Crippen molar-refractivity contribution in [2.45, 2.75) is 57.1 Å². The Morgan fingerprint density at radius 1 is 1.16 bits per heavy atom. The lowest BCUT2D eigenvalue weighted by molar-refractivity contribution is 0.0233. The van der Waals surface area contributed by atoms with Crippen LogP contribution >= 0.6 is 0 Å². The highest BCUT2D eigenvalue weighted by Gasteiger charge is 2.26. The predicted molar refractivity (Wildman–Crippen MR) is 78.0 cm³/mol. The van der Waals surface area contributed by atoms with E-state index in [0.717, 1.165) is 25.4 Å². The number of ether oxygens (including phenoxy) is 1. The molecule has 3 atom stereocenters. The van der Waals surface area contributed by atoms with Gasteiger partial charge in [0.15, 0.2) is 0 Å². The summed E-state index contributed by atoms with van der Waals surface area (Å²) in [6.45, 7) is 0.875. The van der Waals surface area contributed by atoms with E-state index >= 15 is 0 Å². The molecule has 2 heteroatoms. The fourth-order valence-corrected chi connectivity index (χ4v) is 3.69. The van der Waals surface area contributed by atoms with Gasteiger partial charge >= 0.3 is 0 Å². The molecule has 0 saturated heterocycles. The first kappa shape index (κ1) is 13.1. The molecule has 2 N–H and O–H groups in total. The summed E-state index contributed by atoms with van der Waals surface area (Å²) in [5.74, 6) is 0.744. The molecule has 1 heterocycles. The second-order valence-corrected chi connectivity index (χ2v) is 6.19. The summed E-state index contributed by atoms with van der Waals surface area (Å²) >= 11 is 0. The van der Waals surface area contributed by atoms with E-state index in [1.54, 1.807) is 0 Å². The lowest BCUT2D eigenvalue weighted by Gasteiger charge is -2.29. The number of fused-ring (bicyclic) bond motifs is 1. The monoisotopic (exact) mass is 259 g/mol. The number of benzene rings is 1. The van der Waals surface area contributed by atoms with Gasteiger partial charge in [-0.15, -0.1) is 0 Å². The van der Waals surface area contributed by atoms with E-state index in [1.807, 2.05) is 0 Å². The largest absolute Gasteiger partial charge is 0.373 e. The predicted octanol–water partition coefficient (Wildman–Crippen LogP) is 3.60. The van der Waals surface area contributed by atoms with Gasteiger partial charge in [-0.25, -0.2) is 0 Å². The summed E-state index contributed by atoms with van der Waals surface area (Å²) in [6, 6.07) is 9.19. The molecule has 0 radical (unpaired) electrons.